The van der Waals surface area contributed by atoms with Crippen molar-refractivity contribution in [1.29, 1.82) is 0 Å². The molecule has 114 valence electrons. The van der Waals surface area contributed by atoms with Crippen LogP contribution < -0.4 is 0 Å². The summed E-state index contributed by atoms with van der Waals surface area (Å²) < 4.78 is 6.72. The molecular weight excluding hydrogens is 334 g/mol. The Hall–Kier alpha value is -1.24. The predicted molar refractivity (Wildman–Crippen MR) is 84.7 cm³/mol. The fourth-order valence-corrected chi connectivity index (χ4v) is 2.28. The molecular formula is C15H20BrN3O2. The maximum atomic E-state index is 9.11. The summed E-state index contributed by atoms with van der Waals surface area (Å²) >= 11 is 3.40. The lowest BCUT2D eigenvalue weighted by atomic mass is 10.2. The molecule has 0 radical (unpaired) electrons. The molecule has 0 aliphatic carbocycles. The van der Waals surface area contributed by atoms with Crippen molar-refractivity contribution in [2.24, 2.45) is 0 Å². The highest BCUT2D eigenvalue weighted by Crippen LogP contribution is 2.20. The van der Waals surface area contributed by atoms with Gasteiger partial charge in [-0.25, -0.2) is 0 Å². The van der Waals surface area contributed by atoms with E-state index >= 15 is 0 Å². The second kappa shape index (κ2) is 8.26. The van der Waals surface area contributed by atoms with Crippen LogP contribution in [0.15, 0.2) is 33.2 Å². The van der Waals surface area contributed by atoms with Crippen LogP contribution in [0.1, 0.15) is 25.7 Å². The molecule has 0 saturated carbocycles. The zero-order chi connectivity index (χ0) is 15.1. The zero-order valence-electron chi connectivity index (χ0n) is 12.1. The van der Waals surface area contributed by atoms with Crippen LogP contribution in [-0.4, -0.2) is 39.9 Å². The van der Waals surface area contributed by atoms with Gasteiger partial charge in [-0.15, -0.1) is 10.2 Å². The van der Waals surface area contributed by atoms with Crippen molar-refractivity contribution in [2.45, 2.75) is 26.3 Å². The first-order chi connectivity index (χ1) is 10.2. The van der Waals surface area contributed by atoms with Gasteiger partial charge in [0.15, 0.2) is 0 Å². The van der Waals surface area contributed by atoms with Crippen LogP contribution in [0, 0.1) is 0 Å². The fraction of sp³-hybridized carbons (Fsp3) is 0.467. The minimum atomic E-state index is 0.136. The molecule has 0 spiro atoms. The van der Waals surface area contributed by atoms with Crippen LogP contribution in [0.3, 0.4) is 0 Å². The van der Waals surface area contributed by atoms with Crippen molar-refractivity contribution in [2.75, 3.05) is 19.7 Å². The average Bonchev–Trinajstić information content (AvgIpc) is 2.94. The molecule has 1 aromatic heterocycles. The van der Waals surface area contributed by atoms with Gasteiger partial charge in [0, 0.05) is 16.6 Å². The Balaban J connectivity index is 2.02. The van der Waals surface area contributed by atoms with Crippen LogP contribution in [-0.2, 0) is 6.54 Å². The molecule has 6 heteroatoms. The first kappa shape index (κ1) is 16.1. The molecule has 1 aromatic carbocycles. The number of aromatic nitrogens is 2. The van der Waals surface area contributed by atoms with Crippen molar-refractivity contribution < 1.29 is 9.52 Å². The number of hydrogen-bond donors (Lipinski definition) is 1. The molecule has 0 aliphatic heterocycles. The molecule has 2 aromatic rings. The summed E-state index contributed by atoms with van der Waals surface area (Å²) in [6.07, 6.45) is 2.21. The topological polar surface area (TPSA) is 62.4 Å². The Labute approximate surface area is 133 Å². The van der Waals surface area contributed by atoms with E-state index < -0.39 is 0 Å². The van der Waals surface area contributed by atoms with E-state index in [0.29, 0.717) is 24.9 Å². The monoisotopic (exact) mass is 353 g/mol. The summed E-state index contributed by atoms with van der Waals surface area (Å²) in [5.41, 5.74) is 0.902. The van der Waals surface area contributed by atoms with Gasteiger partial charge in [0.2, 0.25) is 11.8 Å². The van der Waals surface area contributed by atoms with E-state index in [2.05, 4.69) is 38.0 Å². The molecule has 0 aliphatic rings. The summed E-state index contributed by atoms with van der Waals surface area (Å²) in [6, 6.07) is 7.75. The lowest BCUT2D eigenvalue weighted by Crippen LogP contribution is -2.27. The second-order valence-electron chi connectivity index (χ2n) is 4.86. The molecule has 0 fully saturated rings. The standard InChI is InChI=1S/C15H20BrN3O2/c1-2-3-8-19(9-10-20)11-14-17-18-15(21-14)12-4-6-13(16)7-5-12/h4-7,20H,2-3,8-11H2,1H3. The number of rotatable bonds is 8. The van der Waals surface area contributed by atoms with Crippen LogP contribution in [0.2, 0.25) is 0 Å². The maximum absolute atomic E-state index is 9.11. The van der Waals surface area contributed by atoms with Gasteiger partial charge in [-0.05, 0) is 37.2 Å². The summed E-state index contributed by atoms with van der Waals surface area (Å²) in [4.78, 5) is 2.13. The van der Waals surface area contributed by atoms with Crippen molar-refractivity contribution in [3.8, 4) is 11.5 Å². The van der Waals surface area contributed by atoms with Gasteiger partial charge >= 0.3 is 0 Å². The average molecular weight is 354 g/mol. The second-order valence-corrected chi connectivity index (χ2v) is 5.78. The summed E-state index contributed by atoms with van der Waals surface area (Å²) in [5, 5.41) is 17.3. The molecule has 0 amide bonds. The van der Waals surface area contributed by atoms with Gasteiger partial charge in [0.1, 0.15) is 0 Å². The van der Waals surface area contributed by atoms with Crippen LogP contribution in [0.25, 0.3) is 11.5 Å². The number of nitrogens with zero attached hydrogens (tertiary/aromatic N) is 3. The molecule has 2 rings (SSSR count). The Morgan fingerprint density at radius 1 is 1.19 bits per heavy atom. The van der Waals surface area contributed by atoms with E-state index in [1.54, 1.807) is 0 Å². The van der Waals surface area contributed by atoms with Gasteiger partial charge in [-0.2, -0.15) is 0 Å². The third kappa shape index (κ3) is 4.91. The van der Waals surface area contributed by atoms with E-state index in [0.717, 1.165) is 29.4 Å². The minimum Gasteiger partial charge on any atom is -0.419 e. The van der Waals surface area contributed by atoms with Gasteiger partial charge in [-0.1, -0.05) is 29.3 Å². The highest BCUT2D eigenvalue weighted by molar-refractivity contribution is 9.10. The summed E-state index contributed by atoms with van der Waals surface area (Å²) in [5.74, 6) is 1.11. The molecule has 0 saturated heterocycles. The van der Waals surface area contributed by atoms with Gasteiger partial charge in [0.25, 0.3) is 0 Å². The SMILES string of the molecule is CCCCN(CCO)Cc1nnc(-c2ccc(Br)cc2)o1. The molecule has 0 atom stereocenters. The lowest BCUT2D eigenvalue weighted by Gasteiger charge is -2.18. The smallest absolute Gasteiger partial charge is 0.247 e. The molecule has 5 nitrogen and oxygen atoms in total. The Morgan fingerprint density at radius 2 is 1.95 bits per heavy atom. The number of aliphatic hydroxyl groups is 1. The lowest BCUT2D eigenvalue weighted by molar-refractivity contribution is 0.177. The van der Waals surface area contributed by atoms with Crippen molar-refractivity contribution in [3.63, 3.8) is 0 Å². The molecule has 21 heavy (non-hydrogen) atoms. The summed E-state index contributed by atoms with van der Waals surface area (Å²) in [7, 11) is 0. The fourth-order valence-electron chi connectivity index (χ4n) is 2.01. The highest BCUT2D eigenvalue weighted by atomic mass is 79.9. The Kier molecular flexibility index (Phi) is 6.35. The Morgan fingerprint density at radius 3 is 2.62 bits per heavy atom. The van der Waals surface area contributed by atoms with Crippen molar-refractivity contribution in [3.05, 3.63) is 34.6 Å². The maximum Gasteiger partial charge on any atom is 0.247 e. The molecule has 0 unspecified atom stereocenters. The number of benzene rings is 1. The number of unbranched alkanes of at least 4 members (excludes halogenated alkanes) is 1. The van der Waals surface area contributed by atoms with Gasteiger partial charge in [-0.3, -0.25) is 4.90 Å². The summed E-state index contributed by atoms with van der Waals surface area (Å²) in [6.45, 7) is 4.40. The molecule has 0 bridgehead atoms. The van der Waals surface area contributed by atoms with E-state index in [4.69, 9.17) is 9.52 Å². The third-order valence-electron chi connectivity index (χ3n) is 3.16. The zero-order valence-corrected chi connectivity index (χ0v) is 13.7. The number of hydrogen-bond acceptors (Lipinski definition) is 5. The van der Waals surface area contributed by atoms with E-state index in [-0.39, 0.29) is 6.61 Å². The van der Waals surface area contributed by atoms with Crippen LogP contribution >= 0.6 is 15.9 Å². The van der Waals surface area contributed by atoms with E-state index in [1.807, 2.05) is 24.3 Å². The van der Waals surface area contributed by atoms with E-state index in [9.17, 15) is 0 Å². The molecule has 1 N–H and O–H groups in total. The van der Waals surface area contributed by atoms with E-state index in [1.165, 1.54) is 0 Å². The molecule has 1 heterocycles. The third-order valence-corrected chi connectivity index (χ3v) is 3.69. The van der Waals surface area contributed by atoms with Crippen molar-refractivity contribution >= 4 is 15.9 Å². The highest BCUT2D eigenvalue weighted by Gasteiger charge is 2.12. The first-order valence-corrected chi connectivity index (χ1v) is 7.93. The Bertz CT molecular complexity index is 542. The first-order valence-electron chi connectivity index (χ1n) is 7.14. The van der Waals surface area contributed by atoms with Crippen LogP contribution in [0.5, 0.6) is 0 Å². The van der Waals surface area contributed by atoms with Gasteiger partial charge < -0.3 is 9.52 Å². The number of halogens is 1. The normalized spacial score (nSPS) is 11.2. The van der Waals surface area contributed by atoms with Crippen LogP contribution in [0.4, 0.5) is 0 Å². The predicted octanol–water partition coefficient (Wildman–Crippen LogP) is 3.09. The van der Waals surface area contributed by atoms with Crippen molar-refractivity contribution in [1.82, 2.24) is 15.1 Å². The largest absolute Gasteiger partial charge is 0.419 e. The van der Waals surface area contributed by atoms with Gasteiger partial charge in [0.05, 0.1) is 13.2 Å². The minimum absolute atomic E-state index is 0.136. The quantitative estimate of drug-likeness (QED) is 0.789. The number of aliphatic hydroxyl groups excluding tert-OH is 1.